The van der Waals surface area contributed by atoms with E-state index in [9.17, 15) is 0 Å². The highest BCUT2D eigenvalue weighted by molar-refractivity contribution is 5.96. The highest BCUT2D eigenvalue weighted by Gasteiger charge is 2.24. The van der Waals surface area contributed by atoms with E-state index in [-0.39, 0.29) is 0 Å². The molecule has 2 aromatic heterocycles. The lowest BCUT2D eigenvalue weighted by Gasteiger charge is -2.19. The molecule has 0 N–H and O–H groups in total. The van der Waals surface area contributed by atoms with E-state index in [2.05, 4.69) is 169 Å². The van der Waals surface area contributed by atoms with Crippen molar-refractivity contribution in [2.24, 2.45) is 0 Å². The van der Waals surface area contributed by atoms with Crippen LogP contribution in [0.1, 0.15) is 30.5 Å². The van der Waals surface area contributed by atoms with E-state index in [1.807, 2.05) is 36.4 Å². The highest BCUT2D eigenvalue weighted by atomic mass is 15.0. The maximum Gasteiger partial charge on any atom is 0.164 e. The molecule has 1 aliphatic rings. The first-order valence-corrected chi connectivity index (χ1v) is 19.3. The Morgan fingerprint density at radius 2 is 0.821 bits per heavy atom. The molecule has 0 saturated heterocycles. The van der Waals surface area contributed by atoms with Crippen LogP contribution in [0.5, 0.6) is 0 Å². The Labute approximate surface area is 327 Å². The maximum atomic E-state index is 5.07. The lowest BCUT2D eigenvalue weighted by Crippen LogP contribution is -2.07. The molecule has 0 radical (unpaired) electrons. The van der Waals surface area contributed by atoms with Gasteiger partial charge in [-0.1, -0.05) is 165 Å². The van der Waals surface area contributed by atoms with E-state index < -0.39 is 0 Å². The Hall–Kier alpha value is -7.17. The third-order valence-corrected chi connectivity index (χ3v) is 10.9. The predicted octanol–water partition coefficient (Wildman–Crippen LogP) is 13.3. The van der Waals surface area contributed by atoms with Crippen LogP contribution in [0, 0.1) is 0 Å². The van der Waals surface area contributed by atoms with Gasteiger partial charge in [0.05, 0.1) is 5.52 Å². The van der Waals surface area contributed by atoms with Crippen molar-refractivity contribution in [2.75, 3.05) is 0 Å². The summed E-state index contributed by atoms with van der Waals surface area (Å²) >= 11 is 0. The summed E-state index contributed by atoms with van der Waals surface area (Å²) in [7, 11) is 0. The van der Waals surface area contributed by atoms with Gasteiger partial charge in [-0.15, -0.1) is 0 Å². The largest absolute Gasteiger partial charge is 0.313 e. The second kappa shape index (κ2) is 14.2. The van der Waals surface area contributed by atoms with Crippen LogP contribution in [0.2, 0.25) is 0 Å². The predicted molar refractivity (Wildman–Crippen MR) is 231 cm³/mol. The molecule has 0 fully saturated rings. The minimum Gasteiger partial charge on any atom is -0.313 e. The summed E-state index contributed by atoms with van der Waals surface area (Å²) in [5, 5.41) is 1.28. The summed E-state index contributed by atoms with van der Waals surface area (Å²) in [5.41, 5.74) is 15.0. The van der Waals surface area contributed by atoms with Crippen LogP contribution in [0.25, 0.3) is 90.2 Å². The second-order valence-electron chi connectivity index (χ2n) is 14.5. The van der Waals surface area contributed by atoms with E-state index in [4.69, 9.17) is 15.0 Å². The van der Waals surface area contributed by atoms with Gasteiger partial charge in [-0.3, -0.25) is 0 Å². The molecule has 0 aliphatic heterocycles. The third-order valence-electron chi connectivity index (χ3n) is 10.9. The molecule has 2 heterocycles. The second-order valence-corrected chi connectivity index (χ2v) is 14.5. The minimum atomic E-state index is 0.391. The Morgan fingerprint density at radius 3 is 1.34 bits per heavy atom. The molecule has 9 aromatic rings. The van der Waals surface area contributed by atoms with Crippen LogP contribution in [-0.4, -0.2) is 19.5 Å². The van der Waals surface area contributed by atoms with Gasteiger partial charge in [0, 0.05) is 44.9 Å². The minimum absolute atomic E-state index is 0.391. The van der Waals surface area contributed by atoms with Crippen molar-refractivity contribution in [3.8, 4) is 73.2 Å². The molecular formula is C52H38N4. The molecule has 4 heteroatoms. The summed E-state index contributed by atoms with van der Waals surface area (Å²) in [6, 6.07) is 64.1. The number of fused-ring (bicyclic) bond motifs is 3. The molecule has 7 aromatic carbocycles. The highest BCUT2D eigenvalue weighted by Crippen LogP contribution is 2.41. The van der Waals surface area contributed by atoms with Crippen LogP contribution < -0.4 is 0 Å². The molecule has 10 rings (SSSR count). The van der Waals surface area contributed by atoms with Gasteiger partial charge in [0.25, 0.3) is 0 Å². The zero-order chi connectivity index (χ0) is 37.4. The molecule has 1 unspecified atom stereocenters. The average molecular weight is 719 g/mol. The van der Waals surface area contributed by atoms with Crippen molar-refractivity contribution in [1.82, 2.24) is 19.5 Å². The Morgan fingerprint density at radius 1 is 0.429 bits per heavy atom. The third kappa shape index (κ3) is 6.21. The van der Waals surface area contributed by atoms with Gasteiger partial charge in [-0.2, -0.15) is 0 Å². The molecule has 0 spiro atoms. The summed E-state index contributed by atoms with van der Waals surface area (Å²) in [6.07, 6.45) is 5.64. The van der Waals surface area contributed by atoms with Crippen LogP contribution in [0.15, 0.2) is 188 Å². The van der Waals surface area contributed by atoms with Crippen LogP contribution in [0.3, 0.4) is 0 Å². The molecule has 0 saturated carbocycles. The van der Waals surface area contributed by atoms with Crippen molar-refractivity contribution >= 4 is 17.0 Å². The van der Waals surface area contributed by atoms with Crippen molar-refractivity contribution in [3.63, 3.8) is 0 Å². The van der Waals surface area contributed by atoms with E-state index in [0.717, 1.165) is 39.9 Å². The van der Waals surface area contributed by atoms with Crippen molar-refractivity contribution < 1.29 is 0 Å². The molecule has 1 atom stereocenters. The van der Waals surface area contributed by atoms with Crippen LogP contribution in [0.4, 0.5) is 0 Å². The Kier molecular flexibility index (Phi) is 8.49. The smallest absolute Gasteiger partial charge is 0.164 e. The van der Waals surface area contributed by atoms with E-state index >= 15 is 0 Å². The van der Waals surface area contributed by atoms with E-state index in [1.165, 1.54) is 44.4 Å². The van der Waals surface area contributed by atoms with Gasteiger partial charge in [-0.25, -0.2) is 15.0 Å². The fourth-order valence-electron chi connectivity index (χ4n) is 7.99. The average Bonchev–Trinajstić information content (AvgIpc) is 3.62. The number of allylic oxidation sites excluding steroid dienone is 1. The molecule has 1 aliphatic carbocycles. The molecule has 0 amide bonds. The van der Waals surface area contributed by atoms with E-state index in [0.29, 0.717) is 23.4 Å². The topological polar surface area (TPSA) is 43.6 Å². The van der Waals surface area contributed by atoms with E-state index in [1.54, 1.807) is 0 Å². The van der Waals surface area contributed by atoms with Gasteiger partial charge in [0.1, 0.15) is 0 Å². The number of nitrogens with zero attached hydrogens (tertiary/aromatic N) is 4. The molecule has 4 nitrogen and oxygen atoms in total. The van der Waals surface area contributed by atoms with Gasteiger partial charge in [-0.05, 0) is 76.2 Å². The quantitative estimate of drug-likeness (QED) is 0.165. The van der Waals surface area contributed by atoms with Gasteiger partial charge in [0.2, 0.25) is 0 Å². The number of aromatic nitrogens is 4. The van der Waals surface area contributed by atoms with Crippen LogP contribution in [-0.2, 0) is 0 Å². The zero-order valence-electron chi connectivity index (χ0n) is 31.0. The Bertz CT molecular complexity index is 2840. The number of benzene rings is 7. The van der Waals surface area contributed by atoms with Crippen molar-refractivity contribution in [2.45, 2.75) is 19.3 Å². The lowest BCUT2D eigenvalue weighted by atomic mass is 9.92. The summed E-state index contributed by atoms with van der Waals surface area (Å²) < 4.78 is 2.45. The molecular weight excluding hydrogens is 681 g/mol. The number of rotatable bonds is 7. The van der Waals surface area contributed by atoms with Crippen molar-refractivity contribution in [1.29, 1.82) is 0 Å². The molecule has 0 bridgehead atoms. The number of hydrogen-bond donors (Lipinski definition) is 0. The first kappa shape index (κ1) is 33.4. The summed E-state index contributed by atoms with van der Waals surface area (Å²) in [4.78, 5) is 15.1. The normalized spacial score (nSPS) is 13.5. The first-order valence-electron chi connectivity index (χ1n) is 19.3. The SMILES string of the molecule is CC1CC=Cc2c1n(-c1ccc(-c3nc(-c4ccccc4)nc(-c4ccc(-c5ccc(-c6ccccc6)cc5)cc4)n3)cc1)c1ccc(-c3ccccc3)cc21. The summed E-state index contributed by atoms with van der Waals surface area (Å²) in [5.74, 6) is 2.32. The maximum absolute atomic E-state index is 5.07. The zero-order valence-corrected chi connectivity index (χ0v) is 31.0. The molecule has 56 heavy (non-hydrogen) atoms. The van der Waals surface area contributed by atoms with Gasteiger partial charge in [0.15, 0.2) is 17.5 Å². The monoisotopic (exact) mass is 718 g/mol. The van der Waals surface area contributed by atoms with Gasteiger partial charge < -0.3 is 4.57 Å². The lowest BCUT2D eigenvalue weighted by molar-refractivity contribution is 0.723. The fourth-order valence-corrected chi connectivity index (χ4v) is 7.99. The first-order chi connectivity index (χ1) is 27.7. The number of hydrogen-bond acceptors (Lipinski definition) is 3. The van der Waals surface area contributed by atoms with Gasteiger partial charge >= 0.3 is 0 Å². The fraction of sp³-hybridized carbons (Fsp3) is 0.0577. The Balaban J connectivity index is 1.01. The molecule has 266 valence electrons. The standard InChI is InChI=1S/C52H38N4/c1-35-12-11-19-46-47-34-44(37-15-7-3-8-16-37)30-33-48(47)56(49(35)46)45-31-28-43(29-32-45)52-54-50(41-17-9-4-10-18-41)53-51(55-52)42-26-24-40(25-27-42)39-22-20-38(21-23-39)36-13-5-2-6-14-36/h2-11,13-35H,12H2,1H3. The summed E-state index contributed by atoms with van der Waals surface area (Å²) in [6.45, 7) is 2.33. The van der Waals surface area contributed by atoms with Crippen molar-refractivity contribution in [3.05, 3.63) is 199 Å². The van der Waals surface area contributed by atoms with Crippen LogP contribution >= 0.6 is 0 Å².